The van der Waals surface area contributed by atoms with Crippen molar-refractivity contribution in [1.82, 2.24) is 14.9 Å². The fraction of sp³-hybridized carbons (Fsp3) is 0.250. The molecule has 0 bridgehead atoms. The molecule has 126 valence electrons. The third-order valence-electron chi connectivity index (χ3n) is 4.74. The maximum absolute atomic E-state index is 13.9. The number of rotatable bonds is 2. The number of carbonyl (C=O) groups is 1. The number of nitrogens with zero attached hydrogens (tertiary/aromatic N) is 3. The first kappa shape index (κ1) is 15.7. The summed E-state index contributed by atoms with van der Waals surface area (Å²) >= 11 is 0. The highest BCUT2D eigenvalue weighted by Crippen LogP contribution is 2.28. The maximum atomic E-state index is 13.9. The van der Waals surface area contributed by atoms with Gasteiger partial charge in [-0.3, -0.25) is 14.8 Å². The van der Waals surface area contributed by atoms with Crippen LogP contribution in [0, 0.1) is 5.82 Å². The van der Waals surface area contributed by atoms with E-state index in [-0.39, 0.29) is 17.4 Å². The van der Waals surface area contributed by atoms with E-state index < -0.39 is 5.82 Å². The van der Waals surface area contributed by atoms with Gasteiger partial charge in [-0.15, -0.1) is 0 Å². The summed E-state index contributed by atoms with van der Waals surface area (Å²) in [6.45, 7) is 1.20. The molecule has 1 amide bonds. The zero-order valence-electron chi connectivity index (χ0n) is 13.7. The summed E-state index contributed by atoms with van der Waals surface area (Å²) in [6.07, 6.45) is 5.44. The van der Waals surface area contributed by atoms with Gasteiger partial charge in [0, 0.05) is 42.5 Å². The van der Waals surface area contributed by atoms with Crippen LogP contribution in [-0.4, -0.2) is 33.9 Å². The Balaban J connectivity index is 1.58. The standard InChI is InChI=1S/C20H18FN3O/c21-17-8-2-1-7-16(17)20(25)24-10-4-6-15(13-24)19-11-18-14(12-23-19)5-3-9-22-18/h1-3,5,7-9,11-12,15H,4,6,10,13H2. The molecule has 3 aromatic rings. The zero-order chi connectivity index (χ0) is 17.2. The molecule has 25 heavy (non-hydrogen) atoms. The van der Waals surface area contributed by atoms with Gasteiger partial charge in [0.1, 0.15) is 5.82 Å². The Morgan fingerprint density at radius 3 is 2.92 bits per heavy atom. The lowest BCUT2D eigenvalue weighted by molar-refractivity contribution is 0.0701. The first-order chi connectivity index (χ1) is 12.2. The molecule has 1 saturated heterocycles. The second kappa shape index (κ2) is 6.59. The molecule has 2 aromatic heterocycles. The third-order valence-corrected chi connectivity index (χ3v) is 4.74. The van der Waals surface area contributed by atoms with Crippen LogP contribution >= 0.6 is 0 Å². The van der Waals surface area contributed by atoms with Gasteiger partial charge in [-0.25, -0.2) is 4.39 Å². The van der Waals surface area contributed by atoms with E-state index in [0.717, 1.165) is 29.4 Å². The summed E-state index contributed by atoms with van der Waals surface area (Å²) in [4.78, 5) is 23.3. The Kier molecular flexibility index (Phi) is 4.14. The van der Waals surface area contributed by atoms with Crippen molar-refractivity contribution in [3.63, 3.8) is 0 Å². The summed E-state index contributed by atoms with van der Waals surface area (Å²) < 4.78 is 13.9. The lowest BCUT2D eigenvalue weighted by Gasteiger charge is -2.32. The van der Waals surface area contributed by atoms with Crippen LogP contribution in [-0.2, 0) is 0 Å². The number of carbonyl (C=O) groups excluding carboxylic acids is 1. The van der Waals surface area contributed by atoms with Crippen LogP contribution in [0.2, 0.25) is 0 Å². The summed E-state index contributed by atoms with van der Waals surface area (Å²) in [6, 6.07) is 12.0. The predicted molar refractivity (Wildman–Crippen MR) is 93.8 cm³/mol. The summed E-state index contributed by atoms with van der Waals surface area (Å²) in [5.74, 6) is -0.569. The van der Waals surface area contributed by atoms with Crippen LogP contribution in [0.4, 0.5) is 4.39 Å². The van der Waals surface area contributed by atoms with Gasteiger partial charge in [0.2, 0.25) is 0 Å². The summed E-state index contributed by atoms with van der Waals surface area (Å²) in [5, 5.41) is 1.00. The Labute approximate surface area is 145 Å². The van der Waals surface area contributed by atoms with E-state index in [1.165, 1.54) is 6.07 Å². The molecule has 0 N–H and O–H groups in total. The van der Waals surface area contributed by atoms with Gasteiger partial charge in [0.15, 0.2) is 0 Å². The van der Waals surface area contributed by atoms with Crippen LogP contribution in [0.1, 0.15) is 34.8 Å². The highest BCUT2D eigenvalue weighted by Gasteiger charge is 2.27. The zero-order valence-corrected chi connectivity index (χ0v) is 13.7. The monoisotopic (exact) mass is 335 g/mol. The SMILES string of the molecule is O=C(c1ccccc1F)N1CCCC(c2cc3ncccc3cn2)C1. The highest BCUT2D eigenvalue weighted by atomic mass is 19.1. The van der Waals surface area contributed by atoms with Crippen molar-refractivity contribution in [1.29, 1.82) is 0 Å². The van der Waals surface area contributed by atoms with E-state index in [1.807, 2.05) is 24.4 Å². The normalized spacial score (nSPS) is 17.6. The molecule has 1 aromatic carbocycles. The minimum atomic E-state index is -0.470. The number of piperidine rings is 1. The minimum Gasteiger partial charge on any atom is -0.338 e. The Morgan fingerprint density at radius 1 is 1.16 bits per heavy atom. The molecule has 4 nitrogen and oxygen atoms in total. The van der Waals surface area contributed by atoms with Crippen molar-refractivity contribution >= 4 is 16.8 Å². The van der Waals surface area contributed by atoms with Crippen LogP contribution < -0.4 is 0 Å². The van der Waals surface area contributed by atoms with Crippen LogP contribution in [0.3, 0.4) is 0 Å². The topological polar surface area (TPSA) is 46.1 Å². The van der Waals surface area contributed by atoms with Crippen LogP contribution in [0.15, 0.2) is 54.9 Å². The number of benzene rings is 1. The van der Waals surface area contributed by atoms with E-state index >= 15 is 0 Å². The van der Waals surface area contributed by atoms with Gasteiger partial charge in [0.25, 0.3) is 5.91 Å². The molecule has 1 aliphatic rings. The lowest BCUT2D eigenvalue weighted by Crippen LogP contribution is -2.39. The molecular weight excluding hydrogens is 317 g/mol. The maximum Gasteiger partial charge on any atom is 0.256 e. The Morgan fingerprint density at radius 2 is 2.04 bits per heavy atom. The molecule has 0 saturated carbocycles. The second-order valence-corrected chi connectivity index (χ2v) is 6.38. The van der Waals surface area contributed by atoms with Crippen molar-refractivity contribution in [3.8, 4) is 0 Å². The number of hydrogen-bond donors (Lipinski definition) is 0. The second-order valence-electron chi connectivity index (χ2n) is 6.38. The number of hydrogen-bond acceptors (Lipinski definition) is 3. The Bertz CT molecular complexity index is 927. The molecule has 1 unspecified atom stereocenters. The van der Waals surface area contributed by atoms with E-state index in [1.54, 1.807) is 29.3 Å². The van der Waals surface area contributed by atoms with Gasteiger partial charge in [0.05, 0.1) is 11.1 Å². The molecule has 0 radical (unpaired) electrons. The summed E-state index contributed by atoms with van der Waals surface area (Å²) in [5.41, 5.74) is 1.98. The first-order valence-electron chi connectivity index (χ1n) is 8.47. The van der Waals surface area contributed by atoms with Crippen molar-refractivity contribution in [2.75, 3.05) is 13.1 Å². The molecule has 0 aliphatic carbocycles. The van der Waals surface area contributed by atoms with Crippen molar-refractivity contribution in [3.05, 3.63) is 71.9 Å². The van der Waals surface area contributed by atoms with Gasteiger partial charge in [-0.05, 0) is 43.2 Å². The number of likely N-dealkylation sites (tertiary alicyclic amines) is 1. The quantitative estimate of drug-likeness (QED) is 0.716. The molecule has 5 heteroatoms. The largest absolute Gasteiger partial charge is 0.338 e. The smallest absolute Gasteiger partial charge is 0.256 e. The molecular formula is C20H18FN3O. The average molecular weight is 335 g/mol. The molecule has 1 atom stereocenters. The van der Waals surface area contributed by atoms with Gasteiger partial charge >= 0.3 is 0 Å². The van der Waals surface area contributed by atoms with Gasteiger partial charge in [-0.1, -0.05) is 12.1 Å². The lowest BCUT2D eigenvalue weighted by atomic mass is 9.93. The van der Waals surface area contributed by atoms with Crippen molar-refractivity contribution in [2.24, 2.45) is 0 Å². The number of aromatic nitrogens is 2. The molecule has 0 spiro atoms. The molecule has 3 heterocycles. The van der Waals surface area contributed by atoms with Crippen molar-refractivity contribution in [2.45, 2.75) is 18.8 Å². The number of pyridine rings is 2. The number of halogens is 1. The van der Waals surface area contributed by atoms with E-state index in [4.69, 9.17) is 0 Å². The van der Waals surface area contributed by atoms with E-state index in [9.17, 15) is 9.18 Å². The van der Waals surface area contributed by atoms with Crippen LogP contribution in [0.25, 0.3) is 10.9 Å². The fourth-order valence-electron chi connectivity index (χ4n) is 3.41. The highest BCUT2D eigenvalue weighted by molar-refractivity contribution is 5.94. The first-order valence-corrected chi connectivity index (χ1v) is 8.47. The average Bonchev–Trinajstić information content (AvgIpc) is 2.67. The third kappa shape index (κ3) is 3.09. The van der Waals surface area contributed by atoms with E-state index in [2.05, 4.69) is 9.97 Å². The number of fused-ring (bicyclic) bond motifs is 1. The van der Waals surface area contributed by atoms with Gasteiger partial charge in [-0.2, -0.15) is 0 Å². The molecule has 1 fully saturated rings. The van der Waals surface area contributed by atoms with Crippen molar-refractivity contribution < 1.29 is 9.18 Å². The van der Waals surface area contributed by atoms with E-state index in [0.29, 0.717) is 13.1 Å². The summed E-state index contributed by atoms with van der Waals surface area (Å²) in [7, 11) is 0. The Hall–Kier alpha value is -2.82. The van der Waals surface area contributed by atoms with Crippen LogP contribution in [0.5, 0.6) is 0 Å². The molecule has 1 aliphatic heterocycles. The molecule has 4 rings (SSSR count). The minimum absolute atomic E-state index is 0.135. The number of amides is 1. The van der Waals surface area contributed by atoms with Gasteiger partial charge < -0.3 is 4.90 Å². The fourth-order valence-corrected chi connectivity index (χ4v) is 3.41. The predicted octanol–water partition coefficient (Wildman–Crippen LogP) is 3.79.